The van der Waals surface area contributed by atoms with Gasteiger partial charge in [0, 0.05) is 18.3 Å². The van der Waals surface area contributed by atoms with Crippen LogP contribution in [-0.4, -0.2) is 18.4 Å². The molecule has 29 heavy (non-hydrogen) atoms. The molecule has 0 saturated carbocycles. The number of benzene rings is 2. The molecule has 0 unspecified atom stereocenters. The number of hydrogen-bond donors (Lipinski definition) is 2. The van der Waals surface area contributed by atoms with Crippen molar-refractivity contribution in [2.24, 2.45) is 0 Å². The molecule has 156 valence electrons. The van der Waals surface area contributed by atoms with E-state index in [1.54, 1.807) is 24.3 Å². The Morgan fingerprint density at radius 2 is 1.48 bits per heavy atom. The molecule has 0 radical (unpaired) electrons. The zero-order chi connectivity index (χ0) is 21.8. The molecule has 5 heteroatoms. The standard InChI is InChI=1S/C24H32N2O3/c1-16(27)25-18-9-8-10-19(14-18)26-22(28)15-29-21-12-11-17(23(2,3)4)13-20(21)24(5,6)7/h8-14H,15H2,1-7H3,(H,25,27)(H,26,28). The molecule has 2 N–H and O–H groups in total. The minimum Gasteiger partial charge on any atom is -0.483 e. The average Bonchev–Trinajstić information content (AvgIpc) is 2.58. The van der Waals surface area contributed by atoms with Crippen molar-refractivity contribution in [3.05, 3.63) is 53.6 Å². The van der Waals surface area contributed by atoms with Crippen molar-refractivity contribution in [1.29, 1.82) is 0 Å². The minimum atomic E-state index is -0.260. The lowest BCUT2D eigenvalue weighted by atomic mass is 9.80. The maximum absolute atomic E-state index is 12.4. The summed E-state index contributed by atoms with van der Waals surface area (Å²) in [6, 6.07) is 13.2. The number of rotatable bonds is 5. The predicted octanol–water partition coefficient (Wildman–Crippen LogP) is 5.26. The van der Waals surface area contributed by atoms with E-state index in [0.29, 0.717) is 17.1 Å². The first-order valence-corrected chi connectivity index (χ1v) is 9.81. The monoisotopic (exact) mass is 396 g/mol. The molecule has 0 bridgehead atoms. The van der Waals surface area contributed by atoms with E-state index in [2.05, 4.69) is 64.3 Å². The van der Waals surface area contributed by atoms with Crippen LogP contribution in [0, 0.1) is 0 Å². The van der Waals surface area contributed by atoms with Gasteiger partial charge < -0.3 is 15.4 Å². The molecular weight excluding hydrogens is 364 g/mol. The van der Waals surface area contributed by atoms with Crippen molar-refractivity contribution < 1.29 is 14.3 Å². The molecule has 0 heterocycles. The molecule has 0 saturated heterocycles. The van der Waals surface area contributed by atoms with Gasteiger partial charge in [0.1, 0.15) is 5.75 Å². The third kappa shape index (κ3) is 6.63. The Morgan fingerprint density at radius 3 is 2.03 bits per heavy atom. The summed E-state index contributed by atoms with van der Waals surface area (Å²) in [5.74, 6) is 0.294. The first-order valence-electron chi connectivity index (χ1n) is 9.81. The van der Waals surface area contributed by atoms with Crippen LogP contribution in [0.5, 0.6) is 5.75 Å². The van der Waals surface area contributed by atoms with Gasteiger partial charge in [-0.05, 0) is 46.2 Å². The zero-order valence-electron chi connectivity index (χ0n) is 18.5. The van der Waals surface area contributed by atoms with Gasteiger partial charge in [0.05, 0.1) is 0 Å². The van der Waals surface area contributed by atoms with E-state index < -0.39 is 0 Å². The third-order valence-electron chi connectivity index (χ3n) is 4.48. The Balaban J connectivity index is 2.11. The number of hydrogen-bond acceptors (Lipinski definition) is 3. The summed E-state index contributed by atoms with van der Waals surface area (Å²) < 4.78 is 5.88. The Hall–Kier alpha value is -2.82. The first kappa shape index (κ1) is 22.5. The maximum Gasteiger partial charge on any atom is 0.262 e. The van der Waals surface area contributed by atoms with E-state index in [1.807, 2.05) is 6.07 Å². The number of anilines is 2. The van der Waals surface area contributed by atoms with Gasteiger partial charge in [-0.3, -0.25) is 9.59 Å². The number of ether oxygens (including phenoxy) is 1. The second kappa shape index (κ2) is 8.68. The molecule has 2 aromatic carbocycles. The fraction of sp³-hybridized carbons (Fsp3) is 0.417. The molecule has 0 spiro atoms. The van der Waals surface area contributed by atoms with E-state index in [4.69, 9.17) is 4.74 Å². The molecule has 5 nitrogen and oxygen atoms in total. The average molecular weight is 397 g/mol. The third-order valence-corrected chi connectivity index (χ3v) is 4.48. The van der Waals surface area contributed by atoms with Gasteiger partial charge in [0.2, 0.25) is 5.91 Å². The first-order chi connectivity index (χ1) is 13.4. The molecule has 2 rings (SSSR count). The summed E-state index contributed by atoms with van der Waals surface area (Å²) in [6.45, 7) is 14.3. The van der Waals surface area contributed by atoms with E-state index in [-0.39, 0.29) is 29.3 Å². The van der Waals surface area contributed by atoms with Crippen molar-refractivity contribution in [2.75, 3.05) is 17.2 Å². The van der Waals surface area contributed by atoms with Crippen molar-refractivity contribution in [3.8, 4) is 5.75 Å². The van der Waals surface area contributed by atoms with Crippen molar-refractivity contribution in [1.82, 2.24) is 0 Å². The molecule has 0 aliphatic heterocycles. The Morgan fingerprint density at radius 1 is 0.862 bits per heavy atom. The Bertz CT molecular complexity index is 890. The summed E-state index contributed by atoms with van der Waals surface area (Å²) in [4.78, 5) is 23.6. The van der Waals surface area contributed by atoms with Crippen LogP contribution < -0.4 is 15.4 Å². The van der Waals surface area contributed by atoms with E-state index in [1.165, 1.54) is 12.5 Å². The molecule has 0 fully saturated rings. The van der Waals surface area contributed by atoms with Gasteiger partial charge in [-0.1, -0.05) is 59.7 Å². The van der Waals surface area contributed by atoms with Crippen LogP contribution in [0.3, 0.4) is 0 Å². The van der Waals surface area contributed by atoms with Gasteiger partial charge in [0.15, 0.2) is 6.61 Å². The molecule has 0 aliphatic carbocycles. The quantitative estimate of drug-likeness (QED) is 0.725. The van der Waals surface area contributed by atoms with Crippen LogP contribution in [0.1, 0.15) is 59.6 Å². The van der Waals surface area contributed by atoms with Crippen molar-refractivity contribution >= 4 is 23.2 Å². The highest BCUT2D eigenvalue weighted by Gasteiger charge is 2.23. The molecule has 0 aromatic heterocycles. The predicted molar refractivity (Wildman–Crippen MR) is 119 cm³/mol. The van der Waals surface area contributed by atoms with Gasteiger partial charge in [-0.2, -0.15) is 0 Å². The van der Waals surface area contributed by atoms with Crippen LogP contribution in [0.4, 0.5) is 11.4 Å². The molecule has 2 amide bonds. The van der Waals surface area contributed by atoms with Gasteiger partial charge in [-0.15, -0.1) is 0 Å². The van der Waals surface area contributed by atoms with Crippen LogP contribution >= 0.6 is 0 Å². The van der Waals surface area contributed by atoms with Crippen LogP contribution in [0.15, 0.2) is 42.5 Å². The number of nitrogens with one attached hydrogen (secondary N) is 2. The Kier molecular flexibility index (Phi) is 6.73. The summed E-state index contributed by atoms with van der Waals surface area (Å²) in [7, 11) is 0. The smallest absolute Gasteiger partial charge is 0.262 e. The molecule has 0 aliphatic rings. The van der Waals surface area contributed by atoms with E-state index in [9.17, 15) is 9.59 Å². The number of amides is 2. The lowest BCUT2D eigenvalue weighted by Crippen LogP contribution is -2.22. The summed E-state index contributed by atoms with van der Waals surface area (Å²) >= 11 is 0. The topological polar surface area (TPSA) is 67.4 Å². The number of carbonyl (C=O) groups is 2. The lowest BCUT2D eigenvalue weighted by Gasteiger charge is -2.27. The second-order valence-corrected chi connectivity index (χ2v) is 9.31. The Labute approximate surface area is 173 Å². The fourth-order valence-corrected chi connectivity index (χ4v) is 2.93. The van der Waals surface area contributed by atoms with Crippen LogP contribution in [0.25, 0.3) is 0 Å². The SMILES string of the molecule is CC(=O)Nc1cccc(NC(=O)COc2ccc(C(C)(C)C)cc2C(C)(C)C)c1. The lowest BCUT2D eigenvalue weighted by molar-refractivity contribution is -0.118. The summed E-state index contributed by atoms with van der Waals surface area (Å²) in [6.07, 6.45) is 0. The molecular formula is C24H32N2O3. The minimum absolute atomic E-state index is 0.0365. The molecule has 2 aromatic rings. The summed E-state index contributed by atoms with van der Waals surface area (Å²) in [5, 5.41) is 5.50. The van der Waals surface area contributed by atoms with Gasteiger partial charge >= 0.3 is 0 Å². The second-order valence-electron chi connectivity index (χ2n) is 9.31. The van der Waals surface area contributed by atoms with Crippen LogP contribution in [-0.2, 0) is 20.4 Å². The van der Waals surface area contributed by atoms with Crippen LogP contribution in [0.2, 0.25) is 0 Å². The van der Waals surface area contributed by atoms with E-state index in [0.717, 1.165) is 5.56 Å². The normalized spacial score (nSPS) is 11.7. The highest BCUT2D eigenvalue weighted by Crippen LogP contribution is 2.35. The van der Waals surface area contributed by atoms with Gasteiger partial charge in [-0.25, -0.2) is 0 Å². The van der Waals surface area contributed by atoms with Gasteiger partial charge in [0.25, 0.3) is 5.91 Å². The number of carbonyl (C=O) groups excluding carboxylic acids is 2. The zero-order valence-corrected chi connectivity index (χ0v) is 18.5. The fourth-order valence-electron chi connectivity index (χ4n) is 2.93. The highest BCUT2D eigenvalue weighted by atomic mass is 16.5. The van der Waals surface area contributed by atoms with E-state index >= 15 is 0 Å². The van der Waals surface area contributed by atoms with Crippen molar-refractivity contribution in [2.45, 2.75) is 59.3 Å². The summed E-state index contributed by atoms with van der Waals surface area (Å²) in [5.41, 5.74) is 3.46. The van der Waals surface area contributed by atoms with Crippen molar-refractivity contribution in [3.63, 3.8) is 0 Å². The maximum atomic E-state index is 12.4. The largest absolute Gasteiger partial charge is 0.483 e. The molecule has 0 atom stereocenters. The highest BCUT2D eigenvalue weighted by molar-refractivity contribution is 5.94.